The highest BCUT2D eigenvalue weighted by Crippen LogP contribution is 2.29. The average Bonchev–Trinajstić information content (AvgIpc) is 3.18. The highest BCUT2D eigenvalue weighted by molar-refractivity contribution is 5.75. The Bertz CT molecular complexity index is 1270. The van der Waals surface area contributed by atoms with E-state index in [1.54, 1.807) is 7.11 Å². The molecule has 0 spiro atoms. The molecule has 0 atom stereocenters. The topological polar surface area (TPSA) is 45.5 Å². The van der Waals surface area contributed by atoms with Crippen LogP contribution in [0.2, 0.25) is 0 Å². The summed E-state index contributed by atoms with van der Waals surface area (Å²) in [6.45, 7) is 7.73. The molecule has 5 heteroatoms. The van der Waals surface area contributed by atoms with E-state index in [2.05, 4.69) is 36.6 Å². The maximum absolute atomic E-state index is 6.14. The van der Waals surface area contributed by atoms with Gasteiger partial charge >= 0.3 is 0 Å². The van der Waals surface area contributed by atoms with Crippen molar-refractivity contribution in [2.75, 3.05) is 13.7 Å². The van der Waals surface area contributed by atoms with Crippen LogP contribution >= 0.6 is 0 Å². The minimum Gasteiger partial charge on any atom is -0.493 e. The van der Waals surface area contributed by atoms with Crippen molar-refractivity contribution in [2.45, 2.75) is 33.9 Å². The van der Waals surface area contributed by atoms with Crippen molar-refractivity contribution in [2.24, 2.45) is 0 Å². The van der Waals surface area contributed by atoms with Gasteiger partial charge in [-0.15, -0.1) is 0 Å². The molecule has 0 amide bonds. The van der Waals surface area contributed by atoms with Gasteiger partial charge in [-0.25, -0.2) is 4.98 Å². The second-order valence-electron chi connectivity index (χ2n) is 7.96. The molecule has 0 unspecified atom stereocenters. The monoisotopic (exact) mass is 442 g/mol. The minimum atomic E-state index is 0.331. The molecule has 33 heavy (non-hydrogen) atoms. The summed E-state index contributed by atoms with van der Waals surface area (Å²) in [6, 6.07) is 20.2. The minimum absolute atomic E-state index is 0.331. The summed E-state index contributed by atoms with van der Waals surface area (Å²) in [5.41, 5.74) is 5.56. The van der Waals surface area contributed by atoms with Gasteiger partial charge in [0.05, 0.1) is 24.7 Å². The van der Waals surface area contributed by atoms with Crippen LogP contribution in [-0.4, -0.2) is 23.3 Å². The number of allylic oxidation sites excluding steroid dienone is 1. The molecule has 170 valence electrons. The van der Waals surface area contributed by atoms with Crippen LogP contribution in [0.4, 0.5) is 0 Å². The molecule has 1 heterocycles. The molecule has 0 aliphatic carbocycles. The van der Waals surface area contributed by atoms with Gasteiger partial charge in [0, 0.05) is 0 Å². The van der Waals surface area contributed by atoms with Crippen LogP contribution in [0.5, 0.6) is 17.2 Å². The lowest BCUT2D eigenvalue weighted by Crippen LogP contribution is -2.13. The smallest absolute Gasteiger partial charge is 0.161 e. The summed E-state index contributed by atoms with van der Waals surface area (Å²) in [6.07, 6.45) is 4.03. The lowest BCUT2D eigenvalue weighted by Gasteiger charge is -2.14. The number of hydrogen-bond acceptors (Lipinski definition) is 4. The number of rotatable bonds is 9. The van der Waals surface area contributed by atoms with Gasteiger partial charge in [-0.1, -0.05) is 36.4 Å². The number of imidazole rings is 1. The van der Waals surface area contributed by atoms with Crippen molar-refractivity contribution in [3.8, 4) is 17.2 Å². The SMILES string of the molecule is C/C=C\c1ccc(OCc2nc3ccccc3n2CCOc2ccc(C)c(C)c2)c(OC)c1. The fourth-order valence-electron chi connectivity index (χ4n) is 3.79. The van der Waals surface area contributed by atoms with Gasteiger partial charge in [-0.2, -0.15) is 0 Å². The number of hydrogen-bond donors (Lipinski definition) is 0. The van der Waals surface area contributed by atoms with E-state index < -0.39 is 0 Å². The van der Waals surface area contributed by atoms with Crippen molar-refractivity contribution in [3.05, 3.63) is 89.3 Å². The molecule has 0 saturated heterocycles. The van der Waals surface area contributed by atoms with Gasteiger partial charge in [0.15, 0.2) is 11.5 Å². The Labute approximate surface area is 195 Å². The highest BCUT2D eigenvalue weighted by atomic mass is 16.5. The van der Waals surface area contributed by atoms with E-state index in [9.17, 15) is 0 Å². The summed E-state index contributed by atoms with van der Waals surface area (Å²) < 4.78 is 19.9. The van der Waals surface area contributed by atoms with E-state index in [-0.39, 0.29) is 0 Å². The normalized spacial score (nSPS) is 11.3. The van der Waals surface area contributed by atoms with E-state index in [0.29, 0.717) is 31.3 Å². The number of nitrogens with zero attached hydrogens (tertiary/aromatic N) is 2. The zero-order chi connectivity index (χ0) is 23.2. The van der Waals surface area contributed by atoms with Crippen LogP contribution in [0.1, 0.15) is 29.4 Å². The second kappa shape index (κ2) is 10.3. The summed E-state index contributed by atoms with van der Waals surface area (Å²) in [5, 5.41) is 0. The van der Waals surface area contributed by atoms with Crippen LogP contribution < -0.4 is 14.2 Å². The Balaban J connectivity index is 1.52. The molecule has 3 aromatic carbocycles. The largest absolute Gasteiger partial charge is 0.493 e. The number of para-hydroxylation sites is 2. The van der Waals surface area contributed by atoms with Crippen molar-refractivity contribution in [1.82, 2.24) is 9.55 Å². The van der Waals surface area contributed by atoms with E-state index in [4.69, 9.17) is 19.2 Å². The third-order valence-corrected chi connectivity index (χ3v) is 5.70. The molecule has 0 N–H and O–H groups in total. The molecule has 0 radical (unpaired) electrons. The fourth-order valence-corrected chi connectivity index (χ4v) is 3.79. The number of fused-ring (bicyclic) bond motifs is 1. The van der Waals surface area contributed by atoms with Gasteiger partial charge < -0.3 is 18.8 Å². The number of ether oxygens (including phenoxy) is 3. The Hall–Kier alpha value is -3.73. The lowest BCUT2D eigenvalue weighted by molar-refractivity contribution is 0.261. The number of aromatic nitrogens is 2. The molecule has 4 rings (SSSR count). The third kappa shape index (κ3) is 5.20. The van der Waals surface area contributed by atoms with Crippen molar-refractivity contribution < 1.29 is 14.2 Å². The van der Waals surface area contributed by atoms with Gasteiger partial charge in [0.2, 0.25) is 0 Å². The van der Waals surface area contributed by atoms with E-state index in [1.165, 1.54) is 11.1 Å². The van der Waals surface area contributed by atoms with Crippen LogP contribution in [0.3, 0.4) is 0 Å². The molecular formula is C28H30N2O3. The Morgan fingerprint density at radius 1 is 0.909 bits per heavy atom. The first-order valence-corrected chi connectivity index (χ1v) is 11.2. The van der Waals surface area contributed by atoms with Crippen LogP contribution in [0.15, 0.2) is 66.7 Å². The summed E-state index contributed by atoms with van der Waals surface area (Å²) >= 11 is 0. The van der Waals surface area contributed by atoms with Gasteiger partial charge in [0.1, 0.15) is 24.8 Å². The number of benzene rings is 3. The quantitative estimate of drug-likeness (QED) is 0.303. The molecule has 0 saturated carbocycles. The maximum atomic E-state index is 6.14. The highest BCUT2D eigenvalue weighted by Gasteiger charge is 2.13. The number of aryl methyl sites for hydroxylation is 2. The van der Waals surface area contributed by atoms with E-state index >= 15 is 0 Å². The molecular weight excluding hydrogens is 412 g/mol. The second-order valence-corrected chi connectivity index (χ2v) is 7.96. The van der Waals surface area contributed by atoms with Gasteiger partial charge in [0.25, 0.3) is 0 Å². The molecule has 0 fully saturated rings. The first-order chi connectivity index (χ1) is 16.1. The van der Waals surface area contributed by atoms with Crippen molar-refractivity contribution in [1.29, 1.82) is 0 Å². The zero-order valence-corrected chi connectivity index (χ0v) is 19.7. The number of methoxy groups -OCH3 is 1. The van der Waals surface area contributed by atoms with E-state index in [1.807, 2.05) is 61.5 Å². The molecule has 0 bridgehead atoms. The fraction of sp³-hybridized carbons (Fsp3) is 0.250. The van der Waals surface area contributed by atoms with Gasteiger partial charge in [-0.05, 0) is 73.9 Å². The van der Waals surface area contributed by atoms with Gasteiger partial charge in [-0.3, -0.25) is 0 Å². The van der Waals surface area contributed by atoms with Crippen molar-refractivity contribution in [3.63, 3.8) is 0 Å². The summed E-state index contributed by atoms with van der Waals surface area (Å²) in [5.74, 6) is 3.12. The summed E-state index contributed by atoms with van der Waals surface area (Å²) in [7, 11) is 1.65. The lowest BCUT2D eigenvalue weighted by atomic mass is 10.1. The van der Waals surface area contributed by atoms with Crippen molar-refractivity contribution >= 4 is 17.1 Å². The predicted octanol–water partition coefficient (Wildman–Crippen LogP) is 6.35. The van der Waals surface area contributed by atoms with E-state index in [0.717, 1.165) is 28.2 Å². The first-order valence-electron chi connectivity index (χ1n) is 11.2. The standard InChI is InChI=1S/C28H30N2O3/c1-5-8-22-12-14-26(27(18-22)31-4)33-19-28-29-24-9-6-7-10-25(24)30(28)15-16-32-23-13-11-20(2)21(3)17-23/h5-14,17-18H,15-16,19H2,1-4H3/b8-5-. The maximum Gasteiger partial charge on any atom is 0.161 e. The Kier molecular flexibility index (Phi) is 6.98. The summed E-state index contributed by atoms with van der Waals surface area (Å²) in [4.78, 5) is 4.81. The first kappa shape index (κ1) is 22.5. The zero-order valence-electron chi connectivity index (χ0n) is 19.7. The molecule has 5 nitrogen and oxygen atoms in total. The molecule has 0 aliphatic heterocycles. The molecule has 4 aromatic rings. The third-order valence-electron chi connectivity index (χ3n) is 5.70. The predicted molar refractivity (Wildman–Crippen MR) is 133 cm³/mol. The Morgan fingerprint density at radius 2 is 1.76 bits per heavy atom. The average molecular weight is 443 g/mol. The van der Waals surface area contributed by atoms with Crippen LogP contribution in [0.25, 0.3) is 17.1 Å². The Morgan fingerprint density at radius 3 is 2.55 bits per heavy atom. The van der Waals surface area contributed by atoms with Crippen LogP contribution in [0, 0.1) is 13.8 Å². The van der Waals surface area contributed by atoms with Crippen LogP contribution in [-0.2, 0) is 13.2 Å². The molecule has 0 aliphatic rings. The molecule has 1 aromatic heterocycles.